The topological polar surface area (TPSA) is 199 Å². The number of rotatable bonds is 9. The lowest BCUT2D eigenvalue weighted by Crippen LogP contribution is -2.41. The first-order valence-electron chi connectivity index (χ1n) is 10.4. The predicted molar refractivity (Wildman–Crippen MR) is 122 cm³/mol. The molecule has 2 aliphatic rings. The van der Waals surface area contributed by atoms with Gasteiger partial charge in [0, 0.05) is 31.4 Å². The van der Waals surface area contributed by atoms with Crippen molar-refractivity contribution in [3.63, 3.8) is 0 Å². The van der Waals surface area contributed by atoms with Crippen LogP contribution < -0.4 is 26.2 Å². The van der Waals surface area contributed by atoms with Crippen LogP contribution in [0.3, 0.4) is 0 Å². The van der Waals surface area contributed by atoms with Crippen LogP contribution in [0.4, 0.5) is 5.69 Å². The standard InChI is InChI=1S/C18H30N8O4S2/c1-2-13(10-20)25-32(29,30)15-4-3-14(26-7-5-12(9-19)6-8-26)16(17(15)31(21,27)28)18-22-11-23-24-18/h3-4,12-13,25H,2,5-11,19-20H2,1H3,(H2,21,27,28)/t13-/m1/s1. The molecule has 2 heterocycles. The van der Waals surface area contributed by atoms with Gasteiger partial charge >= 0.3 is 0 Å². The van der Waals surface area contributed by atoms with Gasteiger partial charge < -0.3 is 16.4 Å². The highest BCUT2D eigenvalue weighted by atomic mass is 32.2. The Hall–Kier alpha value is -1.97. The highest BCUT2D eigenvalue weighted by Crippen LogP contribution is 2.36. The minimum absolute atomic E-state index is 0.0222. The summed E-state index contributed by atoms with van der Waals surface area (Å²) in [5, 5.41) is 13.3. The molecular weight excluding hydrogens is 456 g/mol. The molecule has 178 valence electrons. The average Bonchev–Trinajstić information content (AvgIpc) is 3.30. The molecule has 0 spiro atoms. The Balaban J connectivity index is 2.21. The number of nitrogens with two attached hydrogens (primary N) is 3. The summed E-state index contributed by atoms with van der Waals surface area (Å²) in [6.07, 6.45) is 2.08. The molecule has 1 aromatic carbocycles. The normalized spacial score (nSPS) is 18.8. The van der Waals surface area contributed by atoms with Gasteiger partial charge in [-0.3, -0.25) is 0 Å². The van der Waals surface area contributed by atoms with Gasteiger partial charge in [0.05, 0.1) is 5.56 Å². The number of aliphatic imine (C=N–C) groups is 1. The Bertz CT molecular complexity index is 1110. The Morgan fingerprint density at radius 1 is 1.19 bits per heavy atom. The molecule has 1 atom stereocenters. The van der Waals surface area contributed by atoms with E-state index in [2.05, 4.69) is 19.9 Å². The molecule has 14 heteroatoms. The van der Waals surface area contributed by atoms with Gasteiger partial charge in [0.2, 0.25) is 20.0 Å². The van der Waals surface area contributed by atoms with E-state index >= 15 is 0 Å². The fourth-order valence-corrected chi connectivity index (χ4v) is 6.80. The second-order valence-electron chi connectivity index (χ2n) is 7.82. The summed E-state index contributed by atoms with van der Waals surface area (Å²) in [5.74, 6) is 0.412. The number of benzene rings is 1. The van der Waals surface area contributed by atoms with Crippen molar-refractivity contribution in [2.75, 3.05) is 37.7 Å². The second kappa shape index (κ2) is 9.89. The smallest absolute Gasteiger partial charge is 0.242 e. The number of amidine groups is 1. The summed E-state index contributed by atoms with van der Waals surface area (Å²) in [6, 6.07) is 2.27. The molecule has 0 aliphatic carbocycles. The molecule has 1 saturated heterocycles. The van der Waals surface area contributed by atoms with Gasteiger partial charge in [0.15, 0.2) is 12.5 Å². The number of azo groups is 1. The third-order valence-corrected chi connectivity index (χ3v) is 8.42. The molecule has 2 aliphatic heterocycles. The molecule has 0 bridgehead atoms. The highest BCUT2D eigenvalue weighted by molar-refractivity contribution is 7.92. The number of nitrogens with one attached hydrogen (secondary N) is 1. The summed E-state index contributed by atoms with van der Waals surface area (Å²) in [6.45, 7) is 3.68. The first-order valence-corrected chi connectivity index (χ1v) is 13.4. The quantitative estimate of drug-likeness (QED) is 0.367. The first-order chi connectivity index (χ1) is 15.1. The number of primary sulfonamides is 1. The van der Waals surface area contributed by atoms with Gasteiger partial charge in [-0.05, 0) is 43.9 Å². The number of anilines is 1. The van der Waals surface area contributed by atoms with E-state index in [1.54, 1.807) is 13.0 Å². The highest BCUT2D eigenvalue weighted by Gasteiger charge is 2.34. The van der Waals surface area contributed by atoms with E-state index in [4.69, 9.17) is 16.6 Å². The van der Waals surface area contributed by atoms with Crippen LogP contribution in [0.1, 0.15) is 31.7 Å². The van der Waals surface area contributed by atoms with E-state index in [0.717, 1.165) is 12.8 Å². The van der Waals surface area contributed by atoms with Crippen LogP contribution in [0.5, 0.6) is 0 Å². The van der Waals surface area contributed by atoms with Crippen LogP contribution in [-0.4, -0.2) is 61.6 Å². The van der Waals surface area contributed by atoms with E-state index in [-0.39, 0.29) is 24.6 Å². The van der Waals surface area contributed by atoms with Crippen LogP contribution in [0.2, 0.25) is 0 Å². The zero-order valence-corrected chi connectivity index (χ0v) is 19.6. The fourth-order valence-electron chi connectivity index (χ4n) is 3.88. The Morgan fingerprint density at radius 2 is 1.88 bits per heavy atom. The summed E-state index contributed by atoms with van der Waals surface area (Å²) >= 11 is 0. The van der Waals surface area contributed by atoms with Crippen molar-refractivity contribution in [2.45, 2.75) is 42.0 Å². The van der Waals surface area contributed by atoms with Gasteiger partial charge in [-0.25, -0.2) is 31.7 Å². The van der Waals surface area contributed by atoms with Crippen molar-refractivity contribution in [1.29, 1.82) is 0 Å². The number of nitrogens with zero attached hydrogens (tertiary/aromatic N) is 4. The van der Waals surface area contributed by atoms with Gasteiger partial charge in [-0.15, -0.1) is 5.11 Å². The minimum atomic E-state index is -4.49. The first kappa shape index (κ1) is 24.7. The van der Waals surface area contributed by atoms with E-state index in [0.29, 0.717) is 37.7 Å². The van der Waals surface area contributed by atoms with Crippen LogP contribution in [0, 0.1) is 5.92 Å². The lowest BCUT2D eigenvalue weighted by molar-refractivity contribution is 0.414. The second-order valence-corrected chi connectivity index (χ2v) is 11.0. The predicted octanol–water partition coefficient (Wildman–Crippen LogP) is -0.305. The van der Waals surface area contributed by atoms with Crippen LogP contribution >= 0.6 is 0 Å². The number of piperidine rings is 1. The van der Waals surface area contributed by atoms with E-state index < -0.39 is 35.9 Å². The van der Waals surface area contributed by atoms with Crippen molar-refractivity contribution in [1.82, 2.24) is 4.72 Å². The molecule has 0 aromatic heterocycles. The third-order valence-electron chi connectivity index (χ3n) is 5.73. The molecule has 1 fully saturated rings. The maximum absolute atomic E-state index is 13.2. The average molecular weight is 487 g/mol. The van der Waals surface area contributed by atoms with Gasteiger partial charge in [0.25, 0.3) is 0 Å². The fraction of sp³-hybridized carbons (Fsp3) is 0.611. The summed E-state index contributed by atoms with van der Waals surface area (Å²) in [7, 11) is -8.75. The van der Waals surface area contributed by atoms with Crippen molar-refractivity contribution < 1.29 is 16.8 Å². The van der Waals surface area contributed by atoms with Gasteiger partial charge in [-0.1, -0.05) is 6.92 Å². The SMILES string of the molecule is CC[C@H](CN)NS(=O)(=O)c1ccc(N2CCC(CN)CC2)c(C2=NCN=N2)c1S(N)(=O)=O. The largest absolute Gasteiger partial charge is 0.371 e. The van der Waals surface area contributed by atoms with Crippen molar-refractivity contribution in [3.8, 4) is 0 Å². The molecule has 0 amide bonds. The van der Waals surface area contributed by atoms with Crippen LogP contribution in [-0.2, 0) is 20.0 Å². The Labute approximate surface area is 188 Å². The van der Waals surface area contributed by atoms with Crippen molar-refractivity contribution in [3.05, 3.63) is 17.7 Å². The molecule has 1 aromatic rings. The van der Waals surface area contributed by atoms with Crippen molar-refractivity contribution in [2.24, 2.45) is 37.7 Å². The maximum Gasteiger partial charge on any atom is 0.242 e. The summed E-state index contributed by atoms with van der Waals surface area (Å²) in [5.41, 5.74) is 12.0. The molecule has 12 nitrogen and oxygen atoms in total. The summed E-state index contributed by atoms with van der Waals surface area (Å²) in [4.78, 5) is 5.13. The van der Waals surface area contributed by atoms with E-state index in [1.807, 2.05) is 4.90 Å². The molecular formula is C18H30N8O4S2. The number of hydrogen-bond acceptors (Lipinski definition) is 10. The lowest BCUT2D eigenvalue weighted by atomic mass is 9.96. The minimum Gasteiger partial charge on any atom is -0.371 e. The maximum atomic E-state index is 13.2. The molecule has 7 N–H and O–H groups in total. The third kappa shape index (κ3) is 5.15. The molecule has 0 saturated carbocycles. The van der Waals surface area contributed by atoms with Crippen molar-refractivity contribution >= 4 is 31.6 Å². The lowest BCUT2D eigenvalue weighted by Gasteiger charge is -2.34. The summed E-state index contributed by atoms with van der Waals surface area (Å²) < 4.78 is 54.2. The van der Waals surface area contributed by atoms with E-state index in [9.17, 15) is 16.8 Å². The monoisotopic (exact) mass is 486 g/mol. The zero-order valence-electron chi connectivity index (χ0n) is 17.9. The van der Waals surface area contributed by atoms with E-state index in [1.165, 1.54) is 6.07 Å². The zero-order chi connectivity index (χ0) is 23.5. The molecule has 0 unspecified atom stereocenters. The van der Waals surface area contributed by atoms with Gasteiger partial charge in [0.1, 0.15) is 9.79 Å². The van der Waals surface area contributed by atoms with Crippen LogP contribution in [0.25, 0.3) is 0 Å². The number of hydrogen-bond donors (Lipinski definition) is 4. The number of sulfonamides is 2. The molecule has 0 radical (unpaired) electrons. The van der Waals surface area contributed by atoms with Gasteiger partial charge in [-0.2, -0.15) is 5.11 Å². The Kier molecular flexibility index (Phi) is 7.62. The Morgan fingerprint density at radius 3 is 2.38 bits per heavy atom. The molecule has 32 heavy (non-hydrogen) atoms. The molecule has 3 rings (SSSR count). The van der Waals surface area contributed by atoms with Crippen LogP contribution in [0.15, 0.2) is 37.1 Å².